The van der Waals surface area contributed by atoms with E-state index < -0.39 is 86.7 Å². The molecule has 2 aromatic carbocycles. The van der Waals surface area contributed by atoms with Gasteiger partial charge in [-0.2, -0.15) is 26.3 Å². The molecule has 7 nitrogen and oxygen atoms in total. The van der Waals surface area contributed by atoms with Crippen LogP contribution in [0.25, 0.3) is 0 Å². The van der Waals surface area contributed by atoms with E-state index in [1.165, 1.54) is 4.90 Å². The van der Waals surface area contributed by atoms with Crippen LogP contribution in [0.2, 0.25) is 0 Å². The van der Waals surface area contributed by atoms with Gasteiger partial charge in [-0.25, -0.2) is 12.8 Å². The molecular formula is C34H38F7NO6S. The first kappa shape index (κ1) is 37.1. The van der Waals surface area contributed by atoms with Gasteiger partial charge in [0.2, 0.25) is 5.91 Å². The highest BCUT2D eigenvalue weighted by Gasteiger charge is 2.73. The molecule has 1 aliphatic heterocycles. The van der Waals surface area contributed by atoms with Gasteiger partial charge in [-0.1, -0.05) is 43.5 Å². The Labute approximate surface area is 279 Å². The minimum absolute atomic E-state index is 0.0978. The summed E-state index contributed by atoms with van der Waals surface area (Å²) in [5, 5.41) is 9.31. The van der Waals surface area contributed by atoms with Gasteiger partial charge in [0.1, 0.15) is 10.6 Å². The third-order valence-electron chi connectivity index (χ3n) is 10.5. The van der Waals surface area contributed by atoms with Gasteiger partial charge in [0.05, 0.1) is 17.4 Å². The maximum absolute atomic E-state index is 14.6. The van der Waals surface area contributed by atoms with Gasteiger partial charge in [-0.05, 0) is 80.7 Å². The van der Waals surface area contributed by atoms with Crippen molar-refractivity contribution in [1.29, 1.82) is 0 Å². The number of carboxylic acids is 1. The molecule has 2 aliphatic carbocycles. The lowest BCUT2D eigenvalue weighted by Gasteiger charge is -2.39. The summed E-state index contributed by atoms with van der Waals surface area (Å²) in [5.74, 6) is -3.79. The molecule has 0 spiro atoms. The van der Waals surface area contributed by atoms with Gasteiger partial charge in [-0.3, -0.25) is 9.59 Å². The molecule has 1 heterocycles. The number of aliphatic carboxylic acids is 1. The standard InChI is InChI=1S/C34H38F7NO6S/c35-27-14-16-28(17-15-27)49(46,47)31(18-19-42(21-31)29(43)23-6-8-24(9-7-23)30(44)45)25-10-12-26(13-11-25)32(33(36,37)38,34(39,40)41)48-20-22-4-2-1-3-5-22/h10-17,22-24H,1-9,18-21H2,(H,44,45)/t23?,24?,31-/m0/s1. The van der Waals surface area contributed by atoms with Crippen LogP contribution in [-0.2, 0) is 34.5 Å². The Kier molecular flexibility index (Phi) is 10.5. The number of sulfone groups is 1. The average Bonchev–Trinajstić information content (AvgIpc) is 3.52. The van der Waals surface area contributed by atoms with E-state index in [4.69, 9.17) is 4.74 Å². The summed E-state index contributed by atoms with van der Waals surface area (Å²) in [6.45, 7) is -1.33. The first-order valence-electron chi connectivity index (χ1n) is 16.3. The van der Waals surface area contributed by atoms with E-state index in [0.717, 1.165) is 42.8 Å². The van der Waals surface area contributed by atoms with Gasteiger partial charge in [0, 0.05) is 24.6 Å². The van der Waals surface area contributed by atoms with Crippen molar-refractivity contribution < 1.29 is 58.6 Å². The number of rotatable bonds is 9. The Balaban J connectivity index is 1.53. The maximum atomic E-state index is 14.6. The largest absolute Gasteiger partial charge is 0.481 e. The SMILES string of the molecule is O=C(O)C1CCC(C(=O)N2CC[C@](c3ccc(C(OCC4CCCCC4)(C(F)(F)F)C(F)(F)F)cc3)(S(=O)(=O)c3ccc(F)cc3)C2)CC1. The molecule has 0 radical (unpaired) electrons. The molecule has 0 bridgehead atoms. The minimum Gasteiger partial charge on any atom is -0.481 e. The van der Waals surface area contributed by atoms with Gasteiger partial charge >= 0.3 is 18.3 Å². The zero-order valence-electron chi connectivity index (χ0n) is 26.5. The molecule has 3 fully saturated rings. The van der Waals surface area contributed by atoms with Crippen molar-refractivity contribution in [3.63, 3.8) is 0 Å². The highest BCUT2D eigenvalue weighted by Crippen LogP contribution is 2.54. The van der Waals surface area contributed by atoms with Crippen LogP contribution in [0, 0.1) is 23.6 Å². The van der Waals surface area contributed by atoms with E-state index in [1.807, 2.05) is 0 Å². The highest BCUT2D eigenvalue weighted by atomic mass is 32.2. The molecule has 1 atom stereocenters. The molecule has 270 valence electrons. The molecule has 2 saturated carbocycles. The second kappa shape index (κ2) is 13.8. The predicted octanol–water partition coefficient (Wildman–Crippen LogP) is 7.54. The Morgan fingerprint density at radius 3 is 1.90 bits per heavy atom. The van der Waals surface area contributed by atoms with Gasteiger partial charge in [0.15, 0.2) is 9.84 Å². The second-order valence-electron chi connectivity index (χ2n) is 13.4. The minimum atomic E-state index is -5.92. The molecule has 15 heteroatoms. The summed E-state index contributed by atoms with van der Waals surface area (Å²) in [6.07, 6.45) is -8.02. The third kappa shape index (κ3) is 6.93. The number of ether oxygens (including phenoxy) is 1. The molecule has 3 aliphatic rings. The Bertz CT molecular complexity index is 1580. The number of nitrogens with zero attached hydrogens (tertiary/aromatic N) is 1. The lowest BCUT2D eigenvalue weighted by atomic mass is 9.81. The topological polar surface area (TPSA) is 101 Å². The zero-order chi connectivity index (χ0) is 35.8. The summed E-state index contributed by atoms with van der Waals surface area (Å²) in [6, 6.07) is 6.80. The van der Waals surface area contributed by atoms with Crippen LogP contribution in [0.3, 0.4) is 0 Å². The van der Waals surface area contributed by atoms with Crippen LogP contribution in [0.5, 0.6) is 0 Å². The van der Waals surface area contributed by atoms with E-state index in [1.54, 1.807) is 0 Å². The number of likely N-dealkylation sites (tertiary alicyclic amines) is 1. The van der Waals surface area contributed by atoms with E-state index in [-0.39, 0.29) is 49.1 Å². The first-order chi connectivity index (χ1) is 22.9. The molecule has 49 heavy (non-hydrogen) atoms. The van der Waals surface area contributed by atoms with Gasteiger partial charge in [0.25, 0.3) is 5.60 Å². The van der Waals surface area contributed by atoms with Crippen LogP contribution in [0.4, 0.5) is 30.7 Å². The lowest BCUT2D eigenvalue weighted by molar-refractivity contribution is -0.391. The molecular weight excluding hydrogens is 683 g/mol. The zero-order valence-corrected chi connectivity index (χ0v) is 27.3. The molecule has 0 unspecified atom stereocenters. The first-order valence-corrected chi connectivity index (χ1v) is 17.8. The molecule has 1 saturated heterocycles. The van der Waals surface area contributed by atoms with Crippen molar-refractivity contribution in [3.05, 3.63) is 65.5 Å². The fourth-order valence-corrected chi connectivity index (χ4v) is 9.68. The fourth-order valence-electron chi connectivity index (χ4n) is 7.61. The number of alkyl halides is 6. The van der Waals surface area contributed by atoms with Crippen molar-refractivity contribution in [2.45, 2.75) is 91.8 Å². The van der Waals surface area contributed by atoms with E-state index >= 15 is 0 Å². The number of carbonyl (C=O) groups excluding carboxylic acids is 1. The average molecular weight is 722 g/mol. The second-order valence-corrected chi connectivity index (χ2v) is 15.7. The molecule has 0 aromatic heterocycles. The number of benzene rings is 2. The smallest absolute Gasteiger partial charge is 0.430 e. The number of hydrogen-bond acceptors (Lipinski definition) is 5. The number of amides is 1. The van der Waals surface area contributed by atoms with Crippen LogP contribution in [-0.4, -0.2) is 62.3 Å². The van der Waals surface area contributed by atoms with E-state index in [9.17, 15) is 53.8 Å². The summed E-state index contributed by atoms with van der Waals surface area (Å²) >= 11 is 0. The highest BCUT2D eigenvalue weighted by molar-refractivity contribution is 7.92. The summed E-state index contributed by atoms with van der Waals surface area (Å²) < 4.78 is 133. The van der Waals surface area contributed by atoms with Crippen molar-refractivity contribution in [3.8, 4) is 0 Å². The monoisotopic (exact) mass is 721 g/mol. The summed E-state index contributed by atoms with van der Waals surface area (Å²) in [4.78, 5) is 25.9. The van der Waals surface area contributed by atoms with Crippen LogP contribution in [0.1, 0.15) is 75.3 Å². The lowest BCUT2D eigenvalue weighted by Crippen LogP contribution is -2.56. The normalized spacial score (nSPS) is 24.6. The molecule has 2 aromatic rings. The number of carboxylic acid groups (broad SMARTS) is 1. The third-order valence-corrected chi connectivity index (χ3v) is 13.0. The molecule has 5 rings (SSSR count). The predicted molar refractivity (Wildman–Crippen MR) is 162 cm³/mol. The van der Waals surface area contributed by atoms with Crippen LogP contribution in [0.15, 0.2) is 53.4 Å². The van der Waals surface area contributed by atoms with Crippen molar-refractivity contribution in [1.82, 2.24) is 4.90 Å². The number of carbonyl (C=O) groups is 2. The number of halogens is 7. The molecule has 1 amide bonds. The Morgan fingerprint density at radius 1 is 0.816 bits per heavy atom. The van der Waals surface area contributed by atoms with Gasteiger partial charge < -0.3 is 14.7 Å². The maximum Gasteiger partial charge on any atom is 0.430 e. The van der Waals surface area contributed by atoms with Crippen molar-refractivity contribution in [2.75, 3.05) is 19.7 Å². The number of hydrogen-bond donors (Lipinski definition) is 1. The van der Waals surface area contributed by atoms with Gasteiger partial charge in [-0.15, -0.1) is 0 Å². The Morgan fingerprint density at radius 2 is 1.37 bits per heavy atom. The van der Waals surface area contributed by atoms with E-state index in [2.05, 4.69) is 0 Å². The van der Waals surface area contributed by atoms with Crippen LogP contribution < -0.4 is 0 Å². The fraction of sp³-hybridized carbons (Fsp3) is 0.588. The van der Waals surface area contributed by atoms with Crippen molar-refractivity contribution >= 4 is 21.7 Å². The van der Waals surface area contributed by atoms with Crippen molar-refractivity contribution in [2.24, 2.45) is 17.8 Å². The Hall–Kier alpha value is -3.20. The van der Waals surface area contributed by atoms with E-state index in [0.29, 0.717) is 37.8 Å². The van der Waals surface area contributed by atoms with Crippen LogP contribution >= 0.6 is 0 Å². The summed E-state index contributed by atoms with van der Waals surface area (Å²) in [7, 11) is -4.53. The summed E-state index contributed by atoms with van der Waals surface area (Å²) in [5.41, 5.74) is -6.08. The molecule has 1 N–H and O–H groups in total. The quantitative estimate of drug-likeness (QED) is 0.212.